The van der Waals surface area contributed by atoms with Crippen molar-refractivity contribution < 1.29 is 8.42 Å². The summed E-state index contributed by atoms with van der Waals surface area (Å²) in [4.78, 5) is 1.07. The Morgan fingerprint density at radius 3 is 2.75 bits per heavy atom. The first-order valence-corrected chi connectivity index (χ1v) is 7.73. The van der Waals surface area contributed by atoms with Gasteiger partial charge in [0.1, 0.15) is 4.21 Å². The summed E-state index contributed by atoms with van der Waals surface area (Å²) in [6.07, 6.45) is 4.25. The molecule has 0 aromatic carbocycles. The number of alkyl halides is 1. The smallest absolute Gasteiger partial charge is 0.207 e. The summed E-state index contributed by atoms with van der Waals surface area (Å²) >= 11 is 6.73. The van der Waals surface area contributed by atoms with Crippen molar-refractivity contribution in [1.29, 1.82) is 0 Å². The van der Waals surface area contributed by atoms with Gasteiger partial charge in [-0.05, 0) is 18.6 Å². The van der Waals surface area contributed by atoms with Crippen molar-refractivity contribution >= 4 is 33.0 Å². The quantitative estimate of drug-likeness (QED) is 0.642. The molecule has 3 nitrogen and oxygen atoms in total. The predicted octanol–water partition coefficient (Wildman–Crippen LogP) is 2.38. The Morgan fingerprint density at radius 2 is 2.19 bits per heavy atom. The fraction of sp³-hybridized carbons (Fsp3) is 0.400. The number of nitrogens with one attached hydrogen (secondary N) is 1. The topological polar surface area (TPSA) is 46.2 Å². The van der Waals surface area contributed by atoms with Gasteiger partial charge in [-0.3, -0.25) is 0 Å². The SMILES string of the molecule is CCc1ccc(S(=O)(=O)NC/C=C/CCl)s1. The van der Waals surface area contributed by atoms with E-state index in [1.54, 1.807) is 18.2 Å². The molecule has 0 spiro atoms. The average molecular weight is 280 g/mol. The molecule has 0 atom stereocenters. The third-order valence-corrected chi connectivity index (χ3v) is 5.22. The van der Waals surface area contributed by atoms with E-state index in [2.05, 4.69) is 4.72 Å². The van der Waals surface area contributed by atoms with Crippen LogP contribution in [-0.4, -0.2) is 20.8 Å². The highest BCUT2D eigenvalue weighted by molar-refractivity contribution is 7.91. The Balaban J connectivity index is 2.66. The molecule has 0 saturated carbocycles. The molecule has 0 saturated heterocycles. The van der Waals surface area contributed by atoms with E-state index in [1.807, 2.05) is 13.0 Å². The minimum absolute atomic E-state index is 0.272. The van der Waals surface area contributed by atoms with Gasteiger partial charge in [0.25, 0.3) is 0 Å². The van der Waals surface area contributed by atoms with Crippen LogP contribution in [0.3, 0.4) is 0 Å². The van der Waals surface area contributed by atoms with Gasteiger partial charge in [-0.15, -0.1) is 22.9 Å². The molecule has 0 unspecified atom stereocenters. The Morgan fingerprint density at radius 1 is 1.44 bits per heavy atom. The van der Waals surface area contributed by atoms with E-state index in [0.717, 1.165) is 11.3 Å². The lowest BCUT2D eigenvalue weighted by Crippen LogP contribution is -2.22. The molecular weight excluding hydrogens is 266 g/mol. The van der Waals surface area contributed by atoms with Gasteiger partial charge in [-0.2, -0.15) is 0 Å². The van der Waals surface area contributed by atoms with Crippen LogP contribution in [0.1, 0.15) is 11.8 Å². The van der Waals surface area contributed by atoms with Crippen LogP contribution in [0.25, 0.3) is 0 Å². The third-order valence-electron chi connectivity index (χ3n) is 1.90. The Kier molecular flexibility index (Phi) is 5.48. The summed E-state index contributed by atoms with van der Waals surface area (Å²) in [5, 5.41) is 0. The average Bonchev–Trinajstić information content (AvgIpc) is 2.73. The molecule has 1 heterocycles. The van der Waals surface area contributed by atoms with Gasteiger partial charge in [0.05, 0.1) is 0 Å². The molecule has 1 N–H and O–H groups in total. The van der Waals surface area contributed by atoms with Crippen molar-refractivity contribution in [2.24, 2.45) is 0 Å². The predicted molar refractivity (Wildman–Crippen MR) is 68.7 cm³/mol. The molecule has 1 rings (SSSR count). The van der Waals surface area contributed by atoms with Crippen LogP contribution in [-0.2, 0) is 16.4 Å². The number of aryl methyl sites for hydroxylation is 1. The molecule has 0 fully saturated rings. The Bertz CT molecular complexity index is 451. The standard InChI is InChI=1S/C10H14ClNO2S2/c1-2-9-5-6-10(15-9)16(13,14)12-8-4-3-7-11/h3-6,12H,2,7-8H2,1H3/b4-3+. The monoisotopic (exact) mass is 279 g/mol. The summed E-state index contributed by atoms with van der Waals surface area (Å²) in [6, 6.07) is 3.48. The molecule has 1 aromatic rings. The Labute approximate surface area is 105 Å². The van der Waals surface area contributed by atoms with Gasteiger partial charge in [-0.25, -0.2) is 13.1 Å². The van der Waals surface area contributed by atoms with E-state index in [4.69, 9.17) is 11.6 Å². The summed E-state index contributed by atoms with van der Waals surface area (Å²) in [5.41, 5.74) is 0. The highest BCUT2D eigenvalue weighted by atomic mass is 35.5. The zero-order chi connectivity index (χ0) is 12.0. The van der Waals surface area contributed by atoms with E-state index in [9.17, 15) is 8.42 Å². The molecule has 16 heavy (non-hydrogen) atoms. The zero-order valence-corrected chi connectivity index (χ0v) is 11.3. The summed E-state index contributed by atoms with van der Waals surface area (Å²) in [7, 11) is -3.36. The summed E-state index contributed by atoms with van der Waals surface area (Å²) < 4.78 is 26.4. The number of sulfonamides is 1. The maximum absolute atomic E-state index is 11.8. The van der Waals surface area contributed by atoms with Gasteiger partial charge in [0, 0.05) is 17.3 Å². The fourth-order valence-electron chi connectivity index (χ4n) is 1.07. The van der Waals surface area contributed by atoms with E-state index in [1.165, 1.54) is 11.3 Å². The molecule has 0 radical (unpaired) electrons. The molecule has 90 valence electrons. The van der Waals surface area contributed by atoms with Crippen molar-refractivity contribution in [3.8, 4) is 0 Å². The Hall–Kier alpha value is -0.360. The van der Waals surface area contributed by atoms with Crippen LogP contribution in [0.2, 0.25) is 0 Å². The molecule has 6 heteroatoms. The van der Waals surface area contributed by atoms with Gasteiger partial charge < -0.3 is 0 Å². The summed E-state index contributed by atoms with van der Waals surface area (Å²) in [6.45, 7) is 2.27. The van der Waals surface area contributed by atoms with Crippen LogP contribution in [0.5, 0.6) is 0 Å². The molecule has 0 bridgehead atoms. The lowest BCUT2D eigenvalue weighted by molar-refractivity contribution is 0.587. The molecular formula is C10H14ClNO2S2. The van der Waals surface area contributed by atoms with Crippen molar-refractivity contribution in [2.75, 3.05) is 12.4 Å². The van der Waals surface area contributed by atoms with E-state index >= 15 is 0 Å². The van der Waals surface area contributed by atoms with Gasteiger partial charge in [0.15, 0.2) is 0 Å². The second kappa shape index (κ2) is 6.39. The minimum Gasteiger partial charge on any atom is -0.207 e. The fourth-order valence-corrected chi connectivity index (χ4v) is 3.51. The van der Waals surface area contributed by atoms with Gasteiger partial charge >= 0.3 is 0 Å². The number of allylic oxidation sites excluding steroid dienone is 1. The second-order valence-corrected chi connectivity index (χ2v) is 6.52. The van der Waals surface area contributed by atoms with E-state index < -0.39 is 10.0 Å². The van der Waals surface area contributed by atoms with Gasteiger partial charge in [-0.1, -0.05) is 19.1 Å². The molecule has 1 aromatic heterocycles. The van der Waals surface area contributed by atoms with Crippen LogP contribution in [0, 0.1) is 0 Å². The number of halogens is 1. The number of hydrogen-bond donors (Lipinski definition) is 1. The number of thiophene rings is 1. The third kappa shape index (κ3) is 3.90. The van der Waals surface area contributed by atoms with Crippen molar-refractivity contribution in [3.63, 3.8) is 0 Å². The van der Waals surface area contributed by atoms with E-state index in [-0.39, 0.29) is 6.54 Å². The van der Waals surface area contributed by atoms with Crippen molar-refractivity contribution in [3.05, 3.63) is 29.2 Å². The normalized spacial score (nSPS) is 12.4. The molecule has 0 amide bonds. The maximum atomic E-state index is 11.8. The first kappa shape index (κ1) is 13.7. The van der Waals surface area contributed by atoms with Gasteiger partial charge in [0.2, 0.25) is 10.0 Å². The van der Waals surface area contributed by atoms with Crippen molar-refractivity contribution in [2.45, 2.75) is 17.6 Å². The lowest BCUT2D eigenvalue weighted by Gasteiger charge is -2.00. The molecule has 0 aliphatic carbocycles. The van der Waals surface area contributed by atoms with Crippen LogP contribution >= 0.6 is 22.9 Å². The number of hydrogen-bond acceptors (Lipinski definition) is 3. The first-order valence-electron chi connectivity index (χ1n) is 4.89. The van der Waals surface area contributed by atoms with E-state index in [0.29, 0.717) is 10.1 Å². The largest absolute Gasteiger partial charge is 0.250 e. The molecule has 0 aliphatic rings. The highest BCUT2D eigenvalue weighted by Crippen LogP contribution is 2.21. The lowest BCUT2D eigenvalue weighted by atomic mass is 10.4. The van der Waals surface area contributed by atoms with Crippen LogP contribution in [0.15, 0.2) is 28.5 Å². The summed E-state index contributed by atoms with van der Waals surface area (Å²) in [5.74, 6) is 0.390. The highest BCUT2D eigenvalue weighted by Gasteiger charge is 2.14. The van der Waals surface area contributed by atoms with Crippen molar-refractivity contribution in [1.82, 2.24) is 4.72 Å². The minimum atomic E-state index is -3.36. The maximum Gasteiger partial charge on any atom is 0.250 e. The van der Waals surface area contributed by atoms with Crippen LogP contribution < -0.4 is 4.72 Å². The number of rotatable bonds is 6. The second-order valence-electron chi connectivity index (χ2n) is 3.05. The molecule has 0 aliphatic heterocycles. The first-order chi connectivity index (χ1) is 7.60. The zero-order valence-electron chi connectivity index (χ0n) is 8.94. The van der Waals surface area contributed by atoms with Crippen LogP contribution in [0.4, 0.5) is 0 Å².